The minimum atomic E-state index is 0. The van der Waals surface area contributed by atoms with Crippen LogP contribution in [0.4, 0.5) is 5.69 Å². The molecule has 6 aromatic rings. The first kappa shape index (κ1) is 30.1. The van der Waals surface area contributed by atoms with Gasteiger partial charge in [-0.15, -0.1) is 0 Å². The van der Waals surface area contributed by atoms with Crippen molar-refractivity contribution in [1.82, 2.24) is 25.2 Å². The summed E-state index contributed by atoms with van der Waals surface area (Å²) in [5.74, 6) is 2.47. The third-order valence-corrected chi connectivity index (χ3v) is 8.40. The molecule has 3 aromatic heterocycles. The van der Waals surface area contributed by atoms with E-state index < -0.39 is 0 Å². The van der Waals surface area contributed by atoms with Crippen LogP contribution in [-0.4, -0.2) is 25.3 Å². The number of imidazole rings is 1. The highest BCUT2D eigenvalue weighted by atomic mass is 16.3. The Hall–Kier alpha value is -4.96. The maximum absolute atomic E-state index is 11.3. The van der Waals surface area contributed by atoms with Gasteiger partial charge in [-0.3, -0.25) is 9.88 Å². The van der Waals surface area contributed by atoms with E-state index in [2.05, 4.69) is 57.7 Å². The predicted molar refractivity (Wildman–Crippen MR) is 172 cm³/mol. The van der Waals surface area contributed by atoms with Gasteiger partial charge in [0.05, 0.1) is 41.4 Å². The van der Waals surface area contributed by atoms with Crippen molar-refractivity contribution in [1.29, 1.82) is 0 Å². The van der Waals surface area contributed by atoms with E-state index in [4.69, 9.17) is 14.4 Å². The molecule has 1 aliphatic carbocycles. The Morgan fingerprint density at radius 1 is 0.889 bits per heavy atom. The monoisotopic (exact) mass is 600 g/mol. The summed E-state index contributed by atoms with van der Waals surface area (Å²) in [5, 5.41) is 5.47. The molecule has 3 aromatic carbocycles. The molecule has 3 heterocycles. The quantitative estimate of drug-likeness (QED) is 0.169. The summed E-state index contributed by atoms with van der Waals surface area (Å²) < 4.78 is 6.00. The van der Waals surface area contributed by atoms with Crippen molar-refractivity contribution in [2.45, 2.75) is 51.5 Å². The number of nitrogens with one attached hydrogen (secondary N) is 3. The lowest BCUT2D eigenvalue weighted by Crippen LogP contribution is -2.56. The molecule has 4 N–H and O–H groups in total. The van der Waals surface area contributed by atoms with Crippen LogP contribution in [0, 0.1) is 4.91 Å². The number of aromatic nitrogens is 3. The Bertz CT molecular complexity index is 1850. The number of fused-ring (bicyclic) bond motifs is 2. The Morgan fingerprint density at radius 3 is 2.58 bits per heavy atom. The number of hydrogen-bond acceptors (Lipinski definition) is 7. The first-order valence-electron chi connectivity index (χ1n) is 15.2. The van der Waals surface area contributed by atoms with Crippen LogP contribution in [-0.2, 0) is 32.6 Å². The van der Waals surface area contributed by atoms with Gasteiger partial charge < -0.3 is 20.2 Å². The Labute approximate surface area is 261 Å². The molecule has 45 heavy (non-hydrogen) atoms. The second-order valence-electron chi connectivity index (χ2n) is 11.4. The number of aryl methyl sites for hydroxylation is 1. The van der Waals surface area contributed by atoms with Gasteiger partial charge in [-0.1, -0.05) is 54.6 Å². The summed E-state index contributed by atoms with van der Waals surface area (Å²) in [6.07, 6.45) is 5.25. The van der Waals surface area contributed by atoms with Gasteiger partial charge >= 0.3 is 0 Å². The largest absolute Gasteiger partial charge is 0.870 e. The molecule has 1 atom stereocenters. The Kier molecular flexibility index (Phi) is 9.21. The number of benzene rings is 3. The lowest BCUT2D eigenvalue weighted by atomic mass is 9.90. The van der Waals surface area contributed by atoms with Crippen molar-refractivity contribution in [2.75, 3.05) is 0 Å². The second-order valence-corrected chi connectivity index (χ2v) is 11.4. The van der Waals surface area contributed by atoms with E-state index in [1.54, 1.807) is 6.07 Å². The van der Waals surface area contributed by atoms with Crippen LogP contribution in [0.5, 0.6) is 0 Å². The Balaban J connectivity index is 0.00000357. The van der Waals surface area contributed by atoms with E-state index in [0.29, 0.717) is 18.0 Å². The smallest absolute Gasteiger partial charge is 0.264 e. The van der Waals surface area contributed by atoms with Crippen molar-refractivity contribution < 1.29 is 15.1 Å². The average molecular weight is 601 g/mol. The fourth-order valence-electron chi connectivity index (χ4n) is 6.22. The number of para-hydroxylation sites is 3. The van der Waals surface area contributed by atoms with Gasteiger partial charge in [0, 0.05) is 35.4 Å². The van der Waals surface area contributed by atoms with E-state index in [1.807, 2.05) is 59.9 Å². The minimum absolute atomic E-state index is 0. The molecule has 0 aliphatic heterocycles. The molecule has 7 rings (SSSR count). The summed E-state index contributed by atoms with van der Waals surface area (Å²) in [6.45, 7) is 2.84. The summed E-state index contributed by atoms with van der Waals surface area (Å²) in [5.41, 5.74) is 8.34. The molecule has 0 spiro atoms. The molecular formula is C36H36N6O3. The van der Waals surface area contributed by atoms with Crippen molar-refractivity contribution in [3.8, 4) is 11.3 Å². The zero-order chi connectivity index (χ0) is 29.7. The van der Waals surface area contributed by atoms with Crippen molar-refractivity contribution >= 4 is 16.7 Å². The maximum Gasteiger partial charge on any atom is 0.264 e. The number of nitroso groups, excluding NO2 is 1. The van der Waals surface area contributed by atoms with Gasteiger partial charge in [0.1, 0.15) is 17.3 Å². The molecule has 1 aliphatic rings. The SMILES string of the molecule is O=[NH+]c1ccccc1-c1ccc(CNCc2ccc(CN(Cc3nc4ccccc4[nH]3)C3CCCc4cccnc43)cc2)o1.[OH-]. The lowest BCUT2D eigenvalue weighted by molar-refractivity contribution is -0.378. The van der Waals surface area contributed by atoms with Gasteiger partial charge in [-0.05, 0) is 72.4 Å². The van der Waals surface area contributed by atoms with Crippen LogP contribution in [0.15, 0.2) is 108 Å². The average Bonchev–Trinajstić information content (AvgIpc) is 3.72. The highest BCUT2D eigenvalue weighted by molar-refractivity contribution is 5.74. The van der Waals surface area contributed by atoms with Crippen molar-refractivity contribution in [3.63, 3.8) is 0 Å². The van der Waals surface area contributed by atoms with Crippen LogP contribution < -0.4 is 10.5 Å². The number of hydrogen-bond donors (Lipinski definition) is 3. The second kappa shape index (κ2) is 13.8. The molecule has 9 heteroatoms. The number of rotatable bonds is 11. The molecule has 0 bridgehead atoms. The number of pyridine rings is 1. The van der Waals surface area contributed by atoms with Crippen molar-refractivity contribution in [2.24, 2.45) is 0 Å². The van der Waals surface area contributed by atoms with Crippen molar-refractivity contribution in [3.05, 3.63) is 142 Å². The van der Waals surface area contributed by atoms with E-state index in [1.165, 1.54) is 22.4 Å². The topological polar surface area (TPSA) is 131 Å². The van der Waals surface area contributed by atoms with Crippen LogP contribution in [0.1, 0.15) is 52.9 Å². The molecule has 0 saturated heterocycles. The predicted octanol–water partition coefficient (Wildman–Crippen LogP) is 5.89. The lowest BCUT2D eigenvalue weighted by Gasteiger charge is -2.34. The first-order chi connectivity index (χ1) is 21.7. The number of furan rings is 1. The molecule has 0 amide bonds. The van der Waals surface area contributed by atoms with Gasteiger partial charge in [0.25, 0.3) is 5.69 Å². The van der Waals surface area contributed by atoms with Crippen LogP contribution in [0.25, 0.3) is 22.4 Å². The van der Waals surface area contributed by atoms with E-state index >= 15 is 0 Å². The van der Waals surface area contributed by atoms with Crippen LogP contribution in [0.3, 0.4) is 0 Å². The van der Waals surface area contributed by atoms with Gasteiger partial charge in [0.15, 0.2) is 0 Å². The summed E-state index contributed by atoms with van der Waals surface area (Å²) >= 11 is 0. The van der Waals surface area contributed by atoms with Crippen LogP contribution >= 0.6 is 0 Å². The van der Waals surface area contributed by atoms with Gasteiger partial charge in [-0.2, -0.15) is 0 Å². The summed E-state index contributed by atoms with van der Waals surface area (Å²) in [7, 11) is 0. The fourth-order valence-corrected chi connectivity index (χ4v) is 6.22. The number of H-pyrrole nitrogens is 1. The highest BCUT2D eigenvalue weighted by Gasteiger charge is 2.28. The number of nitrogens with zero attached hydrogens (tertiary/aromatic N) is 3. The highest BCUT2D eigenvalue weighted by Crippen LogP contribution is 2.35. The van der Waals surface area contributed by atoms with Gasteiger partial charge in [0.2, 0.25) is 0 Å². The zero-order valence-electron chi connectivity index (χ0n) is 24.9. The zero-order valence-corrected chi connectivity index (χ0v) is 24.9. The maximum atomic E-state index is 11.3. The molecule has 0 saturated carbocycles. The molecular weight excluding hydrogens is 564 g/mol. The van der Waals surface area contributed by atoms with E-state index in [9.17, 15) is 4.91 Å². The third kappa shape index (κ3) is 6.76. The number of aromatic amines is 1. The molecule has 0 fully saturated rings. The third-order valence-electron chi connectivity index (χ3n) is 8.40. The fraction of sp³-hybridized carbons (Fsp3) is 0.222. The molecule has 228 valence electrons. The standard InChI is InChI=1S/C36H34N6O2.H2O/c43-41-30-10-2-1-9-29(30)34-19-18-28(44-34)22-37-21-25-14-16-26(17-15-25)23-42(24-35-39-31-11-3-4-12-32(31)40-35)33-13-5-7-27-8-6-20-38-36(27)33;/h1-4,6,8-12,14-20,33,37H,5,7,13,21-24H2,(H,39,40);1H2. The summed E-state index contributed by atoms with van der Waals surface area (Å²) in [4.78, 5) is 27.1. The van der Waals surface area contributed by atoms with Crippen LogP contribution in [0.2, 0.25) is 0 Å². The molecule has 9 nitrogen and oxygen atoms in total. The van der Waals surface area contributed by atoms with E-state index in [-0.39, 0.29) is 11.5 Å². The van der Waals surface area contributed by atoms with E-state index in [0.717, 1.165) is 67.1 Å². The first-order valence-corrected chi connectivity index (χ1v) is 15.2. The minimum Gasteiger partial charge on any atom is -0.870 e. The van der Waals surface area contributed by atoms with Gasteiger partial charge in [-0.25, -0.2) is 4.98 Å². The normalized spacial score (nSPS) is 14.3. The molecule has 1 unspecified atom stereocenters. The Morgan fingerprint density at radius 2 is 1.71 bits per heavy atom. The summed E-state index contributed by atoms with van der Waals surface area (Å²) in [6, 6.07) is 32.7. The molecule has 0 radical (unpaired) electrons.